The van der Waals surface area contributed by atoms with Gasteiger partial charge in [-0.15, -0.1) is 0 Å². The number of hydrogen-bond acceptors (Lipinski definition) is 8. The Morgan fingerprint density at radius 3 is 2.21 bits per heavy atom. The largest absolute Gasteiger partial charge is 0.504 e. The van der Waals surface area contributed by atoms with Crippen LogP contribution < -0.4 is 20.4 Å². The van der Waals surface area contributed by atoms with Crippen LogP contribution in [-0.4, -0.2) is 40.4 Å². The molecule has 2 saturated heterocycles. The van der Waals surface area contributed by atoms with Gasteiger partial charge in [-0.05, 0) is 122 Å². The van der Waals surface area contributed by atoms with Gasteiger partial charge in [0.2, 0.25) is 11.8 Å². The first kappa shape index (κ1) is 37.1. The van der Waals surface area contributed by atoms with Crippen LogP contribution in [0.1, 0.15) is 36.8 Å². The third kappa shape index (κ3) is 5.91. The number of phenols is 1. The number of amides is 4. The van der Waals surface area contributed by atoms with Crippen molar-refractivity contribution in [3.8, 4) is 11.5 Å². The molecular formula is C46H38ClFN4O6. The number of aromatic hydroxyl groups is 1. The number of carbonyl (C=O) groups excluding carboxylic acids is 4. The highest BCUT2D eigenvalue weighted by Gasteiger charge is 2.70. The number of para-hydroxylation sites is 1. The summed E-state index contributed by atoms with van der Waals surface area (Å²) in [6.07, 6.45) is 2.29. The molecule has 12 heteroatoms. The monoisotopic (exact) mass is 796 g/mol. The molecule has 5 aromatic carbocycles. The molecule has 2 aliphatic heterocycles. The molecule has 292 valence electrons. The van der Waals surface area contributed by atoms with Crippen LogP contribution in [0.3, 0.4) is 0 Å². The smallest absolute Gasteiger partial charge is 0.260 e. The van der Waals surface area contributed by atoms with Crippen LogP contribution in [0, 0.1) is 29.5 Å². The number of nitrogens with one attached hydrogen (secondary N) is 2. The average Bonchev–Trinajstić information content (AvgIpc) is 3.61. The Hall–Kier alpha value is -6.46. The fraction of sp³-hybridized carbons (Fsp3) is 0.217. The van der Waals surface area contributed by atoms with Crippen molar-refractivity contribution in [2.24, 2.45) is 23.7 Å². The van der Waals surface area contributed by atoms with Crippen molar-refractivity contribution in [1.29, 1.82) is 0 Å². The van der Waals surface area contributed by atoms with Gasteiger partial charge in [-0.3, -0.25) is 29.5 Å². The van der Waals surface area contributed by atoms with Gasteiger partial charge in [0.1, 0.15) is 5.82 Å². The Kier molecular flexibility index (Phi) is 9.27. The number of benzene rings is 5. The van der Waals surface area contributed by atoms with Gasteiger partial charge < -0.3 is 15.2 Å². The van der Waals surface area contributed by atoms with E-state index in [4.69, 9.17) is 16.3 Å². The maximum absolute atomic E-state index is 15.4. The van der Waals surface area contributed by atoms with Gasteiger partial charge in [-0.1, -0.05) is 59.6 Å². The minimum absolute atomic E-state index is 0.0848. The molecule has 9 rings (SSSR count). The minimum Gasteiger partial charge on any atom is -0.504 e. The Morgan fingerprint density at radius 1 is 0.810 bits per heavy atom. The topological polar surface area (TPSA) is 128 Å². The van der Waals surface area contributed by atoms with Gasteiger partial charge in [0, 0.05) is 22.3 Å². The van der Waals surface area contributed by atoms with Crippen molar-refractivity contribution in [2.75, 3.05) is 22.2 Å². The summed E-state index contributed by atoms with van der Waals surface area (Å²) >= 11 is 6.40. The summed E-state index contributed by atoms with van der Waals surface area (Å²) in [5, 5.41) is 15.6. The summed E-state index contributed by atoms with van der Waals surface area (Å²) in [5.41, 5.74) is 5.68. The van der Waals surface area contributed by atoms with Crippen molar-refractivity contribution in [3.63, 3.8) is 0 Å². The molecule has 0 bridgehead atoms. The summed E-state index contributed by atoms with van der Waals surface area (Å²) in [5.74, 6) is -6.15. The summed E-state index contributed by atoms with van der Waals surface area (Å²) in [6, 6.07) is 33.8. The van der Waals surface area contributed by atoms with Crippen LogP contribution in [0.15, 0.2) is 133 Å². The van der Waals surface area contributed by atoms with Crippen LogP contribution in [0.2, 0.25) is 5.02 Å². The van der Waals surface area contributed by atoms with Gasteiger partial charge in [0.15, 0.2) is 11.5 Å². The molecule has 6 atom stereocenters. The minimum atomic E-state index is -1.57. The lowest BCUT2D eigenvalue weighted by molar-refractivity contribution is -0.138. The molecule has 2 heterocycles. The molecule has 58 heavy (non-hydrogen) atoms. The molecule has 4 aliphatic rings. The Labute approximate surface area is 338 Å². The van der Waals surface area contributed by atoms with E-state index in [0.29, 0.717) is 27.5 Å². The molecule has 5 aromatic rings. The van der Waals surface area contributed by atoms with E-state index in [0.717, 1.165) is 22.0 Å². The number of carbonyl (C=O) groups is 4. The summed E-state index contributed by atoms with van der Waals surface area (Å²) in [4.78, 5) is 60.6. The van der Waals surface area contributed by atoms with E-state index in [2.05, 4.69) is 10.7 Å². The summed E-state index contributed by atoms with van der Waals surface area (Å²) in [6.45, 7) is 2.04. The number of hydrazine groups is 1. The Balaban J connectivity index is 1.16. The standard InChI is InChI=1S/C46H38ClFN4O6/c1-2-58-39-24-26(8-23-38(39)53)41-34-21-22-35-40(44(56)51(42(35)54)33-19-17-31(18-20-33)49-30-6-4-3-5-7-30)36(34)25-37-43(55)52(50-32-15-13-29(48)14-16-32)45(57)46(37,41)27-9-11-28(47)12-10-27/h3-21,23-24,35-37,40-41,49-50,53H,2,22,25H2,1H3/t35-,36+,37-,40-,41-,46+/m0/s1. The lowest BCUT2D eigenvalue weighted by Gasteiger charge is -2.50. The third-order valence-electron chi connectivity index (χ3n) is 12.1. The SMILES string of the molecule is CCOc1cc([C@H]2C3=CC[C@@H]4C(=O)N(c5ccc(Nc6ccccc6)cc5)C(=O)[C@@H]4[C@@H]3C[C@H]3C(=O)N(Nc4ccc(F)cc4)C(=O)[C@@]23c2ccc(Cl)cc2)ccc1O. The second-order valence-electron chi connectivity index (χ2n) is 15.1. The van der Waals surface area contributed by atoms with Gasteiger partial charge in [-0.25, -0.2) is 4.39 Å². The van der Waals surface area contributed by atoms with Gasteiger partial charge >= 0.3 is 0 Å². The van der Waals surface area contributed by atoms with Crippen molar-refractivity contribution in [2.45, 2.75) is 31.1 Å². The van der Waals surface area contributed by atoms with E-state index in [1.54, 1.807) is 55.5 Å². The van der Waals surface area contributed by atoms with E-state index >= 15 is 4.79 Å². The lowest BCUT2D eigenvalue weighted by atomic mass is 9.49. The third-order valence-corrected chi connectivity index (χ3v) is 12.3. The number of allylic oxidation sites excluding steroid dienone is 2. The first-order valence-corrected chi connectivity index (χ1v) is 19.6. The number of halogens is 2. The number of fused-ring (bicyclic) bond motifs is 4. The molecule has 4 amide bonds. The Morgan fingerprint density at radius 2 is 1.50 bits per heavy atom. The molecule has 0 unspecified atom stereocenters. The fourth-order valence-corrected chi connectivity index (χ4v) is 9.77. The number of hydrogen-bond donors (Lipinski definition) is 3. The predicted molar refractivity (Wildman–Crippen MR) is 217 cm³/mol. The number of phenolic OH excluding ortho intramolecular Hbond substituents is 1. The van der Waals surface area contributed by atoms with Crippen molar-refractivity contribution in [3.05, 3.63) is 155 Å². The molecule has 0 aromatic heterocycles. The number of ether oxygens (including phenoxy) is 1. The first-order chi connectivity index (χ1) is 28.1. The number of anilines is 4. The summed E-state index contributed by atoms with van der Waals surface area (Å²) < 4.78 is 19.8. The zero-order chi connectivity index (χ0) is 40.3. The number of imide groups is 2. The molecule has 1 saturated carbocycles. The highest BCUT2D eigenvalue weighted by Crippen LogP contribution is 2.64. The number of rotatable bonds is 9. The zero-order valence-corrected chi connectivity index (χ0v) is 32.0. The highest BCUT2D eigenvalue weighted by molar-refractivity contribution is 6.30. The lowest BCUT2D eigenvalue weighted by Crippen LogP contribution is -2.53. The van der Waals surface area contributed by atoms with Gasteiger partial charge in [0.25, 0.3) is 11.8 Å². The fourth-order valence-electron chi connectivity index (χ4n) is 9.65. The van der Waals surface area contributed by atoms with E-state index in [1.807, 2.05) is 48.5 Å². The normalized spacial score (nSPS) is 24.9. The molecule has 10 nitrogen and oxygen atoms in total. The van der Waals surface area contributed by atoms with Gasteiger partial charge in [-0.2, -0.15) is 5.01 Å². The van der Waals surface area contributed by atoms with Gasteiger partial charge in [0.05, 0.1) is 41.2 Å². The predicted octanol–water partition coefficient (Wildman–Crippen LogP) is 8.52. The molecule has 3 fully saturated rings. The molecule has 0 spiro atoms. The molecular weight excluding hydrogens is 759 g/mol. The first-order valence-electron chi connectivity index (χ1n) is 19.2. The quantitative estimate of drug-likeness (QED) is 0.100. The second kappa shape index (κ2) is 14.5. The van der Waals surface area contributed by atoms with E-state index in [1.165, 1.54) is 35.2 Å². The van der Waals surface area contributed by atoms with E-state index in [-0.39, 0.29) is 42.8 Å². The van der Waals surface area contributed by atoms with Crippen molar-refractivity contribution >= 4 is 58.0 Å². The van der Waals surface area contributed by atoms with Crippen LogP contribution >= 0.6 is 11.6 Å². The van der Waals surface area contributed by atoms with Crippen LogP contribution in [-0.2, 0) is 24.6 Å². The van der Waals surface area contributed by atoms with Crippen molar-refractivity contribution < 1.29 is 33.4 Å². The maximum atomic E-state index is 15.4. The highest BCUT2D eigenvalue weighted by atomic mass is 35.5. The molecule has 2 aliphatic carbocycles. The maximum Gasteiger partial charge on any atom is 0.260 e. The van der Waals surface area contributed by atoms with Crippen molar-refractivity contribution in [1.82, 2.24) is 5.01 Å². The van der Waals surface area contributed by atoms with E-state index < -0.39 is 52.6 Å². The van der Waals surface area contributed by atoms with Crippen LogP contribution in [0.4, 0.5) is 27.1 Å². The van der Waals surface area contributed by atoms with Crippen LogP contribution in [0.5, 0.6) is 11.5 Å². The average molecular weight is 797 g/mol. The Bertz CT molecular complexity index is 2480. The van der Waals surface area contributed by atoms with Crippen LogP contribution in [0.25, 0.3) is 0 Å². The second-order valence-corrected chi connectivity index (χ2v) is 15.5. The number of nitrogens with zero attached hydrogens (tertiary/aromatic N) is 2. The molecule has 3 N–H and O–H groups in total. The zero-order valence-electron chi connectivity index (χ0n) is 31.3. The summed E-state index contributed by atoms with van der Waals surface area (Å²) in [7, 11) is 0. The van der Waals surface area contributed by atoms with E-state index in [9.17, 15) is 23.9 Å². The molecule has 0 radical (unpaired) electrons.